The molecule has 146 valence electrons. The molecule has 0 amide bonds. The predicted molar refractivity (Wildman–Crippen MR) is 107 cm³/mol. The van der Waals surface area contributed by atoms with E-state index in [2.05, 4.69) is 34.1 Å². The first-order chi connectivity index (χ1) is 13.2. The minimum absolute atomic E-state index is 0.314. The fourth-order valence-corrected chi connectivity index (χ4v) is 3.52. The largest absolute Gasteiger partial charge is 0.493 e. The fraction of sp³-hybridized carbons (Fsp3) is 0.455. The molecular weight excluding hydrogens is 340 g/mol. The molecule has 1 N–H and O–H groups in total. The lowest BCUT2D eigenvalue weighted by atomic mass is 10.2. The molecule has 5 nitrogen and oxygen atoms in total. The maximum atomic E-state index is 10.4. The van der Waals surface area contributed by atoms with Crippen molar-refractivity contribution in [1.29, 1.82) is 0 Å². The molecule has 2 aromatic carbocycles. The molecule has 5 heteroatoms. The Bertz CT molecular complexity index is 680. The number of aliphatic hydroxyl groups excluding tert-OH is 1. The van der Waals surface area contributed by atoms with E-state index in [1.807, 2.05) is 30.3 Å². The normalized spacial score (nSPS) is 18.8. The van der Waals surface area contributed by atoms with Gasteiger partial charge in [0.05, 0.1) is 19.8 Å². The maximum absolute atomic E-state index is 10.4. The number of hydrogen-bond donors (Lipinski definition) is 1. The van der Waals surface area contributed by atoms with Crippen LogP contribution in [0, 0.1) is 0 Å². The molecule has 0 bridgehead atoms. The van der Waals surface area contributed by atoms with Gasteiger partial charge in [-0.25, -0.2) is 0 Å². The third-order valence-electron chi connectivity index (χ3n) is 4.86. The van der Waals surface area contributed by atoms with Crippen LogP contribution >= 0.6 is 0 Å². The highest BCUT2D eigenvalue weighted by molar-refractivity contribution is 5.39. The van der Waals surface area contributed by atoms with Crippen molar-refractivity contribution in [1.82, 2.24) is 9.80 Å². The van der Waals surface area contributed by atoms with Crippen molar-refractivity contribution in [3.05, 3.63) is 60.2 Å². The second kappa shape index (κ2) is 10.3. The van der Waals surface area contributed by atoms with Crippen molar-refractivity contribution in [2.45, 2.75) is 19.1 Å². The van der Waals surface area contributed by atoms with Crippen LogP contribution in [0.4, 0.5) is 0 Å². The number of hydrogen-bond acceptors (Lipinski definition) is 5. The molecule has 2 aromatic rings. The van der Waals surface area contributed by atoms with Crippen molar-refractivity contribution in [3.8, 4) is 11.5 Å². The van der Waals surface area contributed by atoms with Gasteiger partial charge in [0, 0.05) is 39.3 Å². The molecule has 0 aromatic heterocycles. The van der Waals surface area contributed by atoms with E-state index < -0.39 is 0 Å². The molecule has 1 saturated heterocycles. The van der Waals surface area contributed by atoms with E-state index in [1.165, 1.54) is 5.56 Å². The topological polar surface area (TPSA) is 45.2 Å². The SMILES string of the molecule is COc1ccccc1OCCCN1CCN(Cc2ccccc2)CC(O)C1. The summed E-state index contributed by atoms with van der Waals surface area (Å²) < 4.78 is 11.2. The lowest BCUT2D eigenvalue weighted by Crippen LogP contribution is -2.34. The van der Waals surface area contributed by atoms with Crippen LogP contribution in [-0.4, -0.2) is 67.5 Å². The lowest BCUT2D eigenvalue weighted by Gasteiger charge is -2.21. The summed E-state index contributed by atoms with van der Waals surface area (Å²) in [5.41, 5.74) is 1.29. The van der Waals surface area contributed by atoms with Gasteiger partial charge >= 0.3 is 0 Å². The summed E-state index contributed by atoms with van der Waals surface area (Å²) in [6, 6.07) is 18.2. The monoisotopic (exact) mass is 370 g/mol. The molecule has 1 aliphatic rings. The molecule has 1 fully saturated rings. The minimum atomic E-state index is -0.314. The first-order valence-electron chi connectivity index (χ1n) is 9.67. The van der Waals surface area contributed by atoms with Gasteiger partial charge in [-0.05, 0) is 24.1 Å². The Hall–Kier alpha value is -2.08. The first kappa shape index (κ1) is 19.7. The van der Waals surface area contributed by atoms with Crippen molar-refractivity contribution in [2.24, 2.45) is 0 Å². The number of β-amino-alcohol motifs (C(OH)–C–C–N with tert-alkyl or cyclic N) is 1. The van der Waals surface area contributed by atoms with E-state index in [4.69, 9.17) is 9.47 Å². The molecule has 27 heavy (non-hydrogen) atoms. The Kier molecular flexibility index (Phi) is 7.51. The summed E-state index contributed by atoms with van der Waals surface area (Å²) in [6.07, 6.45) is 0.607. The smallest absolute Gasteiger partial charge is 0.161 e. The number of rotatable bonds is 8. The Balaban J connectivity index is 1.42. The zero-order valence-electron chi connectivity index (χ0n) is 16.1. The summed E-state index contributed by atoms with van der Waals surface area (Å²) in [5.74, 6) is 1.55. The van der Waals surface area contributed by atoms with Gasteiger partial charge in [-0.2, -0.15) is 0 Å². The molecule has 0 aliphatic carbocycles. The molecule has 0 saturated carbocycles. The predicted octanol–water partition coefficient (Wildman–Crippen LogP) is 2.64. The van der Waals surface area contributed by atoms with E-state index in [1.54, 1.807) is 7.11 Å². The molecule has 0 radical (unpaired) electrons. The highest BCUT2D eigenvalue weighted by Gasteiger charge is 2.21. The summed E-state index contributed by atoms with van der Waals surface area (Å²) in [7, 11) is 1.65. The number of ether oxygens (including phenoxy) is 2. The zero-order valence-corrected chi connectivity index (χ0v) is 16.1. The summed E-state index contributed by atoms with van der Waals surface area (Å²) >= 11 is 0. The Morgan fingerprint density at radius 1 is 0.926 bits per heavy atom. The molecule has 3 rings (SSSR count). The Morgan fingerprint density at radius 3 is 2.37 bits per heavy atom. The van der Waals surface area contributed by atoms with Crippen molar-refractivity contribution in [3.63, 3.8) is 0 Å². The first-order valence-corrected chi connectivity index (χ1v) is 9.67. The van der Waals surface area contributed by atoms with Crippen LogP contribution in [0.3, 0.4) is 0 Å². The summed E-state index contributed by atoms with van der Waals surface area (Å²) in [6.45, 7) is 5.84. The van der Waals surface area contributed by atoms with E-state index in [0.29, 0.717) is 6.61 Å². The van der Waals surface area contributed by atoms with Crippen LogP contribution < -0.4 is 9.47 Å². The average molecular weight is 370 g/mol. The maximum Gasteiger partial charge on any atom is 0.161 e. The van der Waals surface area contributed by atoms with Crippen LogP contribution in [0.15, 0.2) is 54.6 Å². The molecule has 1 aliphatic heterocycles. The van der Waals surface area contributed by atoms with Crippen LogP contribution in [0.1, 0.15) is 12.0 Å². The highest BCUT2D eigenvalue weighted by atomic mass is 16.5. The number of para-hydroxylation sites is 2. The van der Waals surface area contributed by atoms with E-state index >= 15 is 0 Å². The van der Waals surface area contributed by atoms with E-state index in [9.17, 15) is 5.11 Å². The number of aliphatic hydroxyl groups is 1. The molecule has 1 unspecified atom stereocenters. The van der Waals surface area contributed by atoms with Crippen LogP contribution in [0.2, 0.25) is 0 Å². The van der Waals surface area contributed by atoms with Crippen LogP contribution in [0.25, 0.3) is 0 Å². The third kappa shape index (κ3) is 6.24. The number of methoxy groups -OCH3 is 1. The van der Waals surface area contributed by atoms with Gasteiger partial charge in [-0.15, -0.1) is 0 Å². The van der Waals surface area contributed by atoms with E-state index in [0.717, 1.165) is 57.2 Å². The van der Waals surface area contributed by atoms with Crippen molar-refractivity contribution in [2.75, 3.05) is 46.4 Å². The van der Waals surface area contributed by atoms with E-state index in [-0.39, 0.29) is 6.10 Å². The summed E-state index contributed by atoms with van der Waals surface area (Å²) in [5, 5.41) is 10.4. The molecule has 1 atom stereocenters. The minimum Gasteiger partial charge on any atom is -0.493 e. The average Bonchev–Trinajstić information content (AvgIpc) is 2.87. The van der Waals surface area contributed by atoms with Gasteiger partial charge in [0.2, 0.25) is 0 Å². The van der Waals surface area contributed by atoms with Gasteiger partial charge < -0.3 is 14.6 Å². The van der Waals surface area contributed by atoms with Gasteiger partial charge in [-0.3, -0.25) is 9.80 Å². The number of benzene rings is 2. The second-order valence-electron chi connectivity index (χ2n) is 7.03. The van der Waals surface area contributed by atoms with Crippen LogP contribution in [0.5, 0.6) is 11.5 Å². The zero-order chi connectivity index (χ0) is 18.9. The number of nitrogens with zero attached hydrogens (tertiary/aromatic N) is 2. The second-order valence-corrected chi connectivity index (χ2v) is 7.03. The standard InChI is InChI=1S/C22H30N2O3/c1-26-21-10-5-6-11-22(21)27-15-7-12-23-13-14-24(18-20(25)17-23)16-19-8-3-2-4-9-19/h2-6,8-11,20,25H,7,12-18H2,1H3. The molecule has 1 heterocycles. The third-order valence-corrected chi connectivity index (χ3v) is 4.86. The quantitative estimate of drug-likeness (QED) is 0.724. The summed E-state index contributed by atoms with van der Waals surface area (Å²) in [4.78, 5) is 4.67. The lowest BCUT2D eigenvalue weighted by molar-refractivity contribution is 0.106. The van der Waals surface area contributed by atoms with Gasteiger partial charge in [0.25, 0.3) is 0 Å². The Labute approximate surface area is 162 Å². The molecule has 0 spiro atoms. The van der Waals surface area contributed by atoms with Gasteiger partial charge in [-0.1, -0.05) is 42.5 Å². The van der Waals surface area contributed by atoms with Gasteiger partial charge in [0.15, 0.2) is 11.5 Å². The van der Waals surface area contributed by atoms with Gasteiger partial charge in [0.1, 0.15) is 0 Å². The molecular formula is C22H30N2O3. The fourth-order valence-electron chi connectivity index (χ4n) is 3.52. The van der Waals surface area contributed by atoms with Crippen LogP contribution in [-0.2, 0) is 6.54 Å². The van der Waals surface area contributed by atoms with Crippen molar-refractivity contribution < 1.29 is 14.6 Å². The highest BCUT2D eigenvalue weighted by Crippen LogP contribution is 2.25. The Morgan fingerprint density at radius 2 is 1.59 bits per heavy atom. The van der Waals surface area contributed by atoms with Crippen molar-refractivity contribution >= 4 is 0 Å².